The Kier molecular flexibility index (Phi) is 5.56. The highest BCUT2D eigenvalue weighted by atomic mass is 16.5. The Balaban J connectivity index is 1.34. The molecule has 0 radical (unpaired) electrons. The predicted octanol–water partition coefficient (Wildman–Crippen LogP) is 3.01. The second-order valence-electron chi connectivity index (χ2n) is 7.46. The Labute approximate surface area is 156 Å². The van der Waals surface area contributed by atoms with Crippen molar-refractivity contribution in [3.05, 3.63) is 35.5 Å². The van der Waals surface area contributed by atoms with E-state index in [2.05, 4.69) is 27.1 Å². The SMILES string of the molecule is O=CC1=CCc2cc(OCCCN3CCCCC3)ccc2N1N1CCC1. The van der Waals surface area contributed by atoms with E-state index >= 15 is 0 Å². The molecule has 5 nitrogen and oxygen atoms in total. The minimum absolute atomic E-state index is 0.757. The molecule has 0 unspecified atom stereocenters. The van der Waals surface area contributed by atoms with E-state index in [4.69, 9.17) is 4.74 Å². The van der Waals surface area contributed by atoms with Crippen molar-refractivity contribution < 1.29 is 9.53 Å². The maximum atomic E-state index is 11.4. The van der Waals surface area contributed by atoms with Crippen molar-refractivity contribution in [2.45, 2.75) is 38.5 Å². The number of anilines is 1. The number of carbonyl (C=O) groups is 1. The number of fused-ring (bicyclic) bond motifs is 1. The topological polar surface area (TPSA) is 36.0 Å². The number of aldehydes is 1. The summed E-state index contributed by atoms with van der Waals surface area (Å²) in [5.74, 6) is 0.939. The number of likely N-dealkylation sites (tertiary alicyclic amines) is 1. The van der Waals surface area contributed by atoms with E-state index < -0.39 is 0 Å². The van der Waals surface area contributed by atoms with Crippen LogP contribution in [0.1, 0.15) is 37.7 Å². The summed E-state index contributed by atoms with van der Waals surface area (Å²) in [5, 5.41) is 4.31. The standard InChI is InChI=1S/C21H29N3O2/c25-17-19-7-6-18-16-20(8-9-21(18)24(19)23-13-4-14-23)26-15-5-12-22-10-2-1-3-11-22/h7-9,16-17H,1-6,10-15H2. The number of hydrogen-bond acceptors (Lipinski definition) is 5. The van der Waals surface area contributed by atoms with Gasteiger partial charge in [-0.25, -0.2) is 5.01 Å². The van der Waals surface area contributed by atoms with Crippen LogP contribution in [0.3, 0.4) is 0 Å². The molecule has 1 aromatic rings. The molecule has 0 atom stereocenters. The molecule has 2 saturated heterocycles. The normalized spacial score (nSPS) is 20.9. The number of ether oxygens (including phenoxy) is 1. The number of piperidine rings is 1. The third-order valence-corrected chi connectivity index (χ3v) is 5.63. The maximum absolute atomic E-state index is 11.4. The van der Waals surface area contributed by atoms with Gasteiger partial charge in [0, 0.05) is 19.6 Å². The van der Waals surface area contributed by atoms with Crippen molar-refractivity contribution in [3.63, 3.8) is 0 Å². The molecule has 0 saturated carbocycles. The van der Waals surface area contributed by atoms with Gasteiger partial charge in [-0.3, -0.25) is 9.80 Å². The van der Waals surface area contributed by atoms with E-state index in [0.29, 0.717) is 0 Å². The first kappa shape index (κ1) is 17.6. The van der Waals surface area contributed by atoms with E-state index in [1.165, 1.54) is 44.3 Å². The molecule has 0 aromatic heterocycles. The van der Waals surface area contributed by atoms with Crippen LogP contribution in [0.2, 0.25) is 0 Å². The van der Waals surface area contributed by atoms with Crippen molar-refractivity contribution in [2.24, 2.45) is 0 Å². The molecule has 0 N–H and O–H groups in total. The first-order chi connectivity index (χ1) is 12.8. The molecule has 0 amide bonds. The van der Waals surface area contributed by atoms with Crippen molar-refractivity contribution >= 4 is 12.0 Å². The monoisotopic (exact) mass is 355 g/mol. The van der Waals surface area contributed by atoms with Crippen LogP contribution in [0.4, 0.5) is 5.69 Å². The summed E-state index contributed by atoms with van der Waals surface area (Å²) in [4.78, 5) is 14.0. The van der Waals surface area contributed by atoms with Gasteiger partial charge in [-0.2, -0.15) is 0 Å². The van der Waals surface area contributed by atoms with E-state index in [1.807, 2.05) is 12.1 Å². The van der Waals surface area contributed by atoms with Gasteiger partial charge in [-0.1, -0.05) is 12.5 Å². The van der Waals surface area contributed by atoms with Crippen LogP contribution >= 0.6 is 0 Å². The molecule has 0 bridgehead atoms. The van der Waals surface area contributed by atoms with Crippen LogP contribution < -0.4 is 9.75 Å². The molecular weight excluding hydrogens is 326 g/mol. The van der Waals surface area contributed by atoms with E-state index in [9.17, 15) is 4.79 Å². The van der Waals surface area contributed by atoms with Crippen LogP contribution in [0.5, 0.6) is 5.75 Å². The Bertz CT molecular complexity index is 663. The molecule has 5 heteroatoms. The van der Waals surface area contributed by atoms with Crippen LogP contribution in [-0.2, 0) is 11.2 Å². The lowest BCUT2D eigenvalue weighted by molar-refractivity contribution is -0.105. The van der Waals surface area contributed by atoms with E-state index in [1.54, 1.807) is 0 Å². The molecule has 3 heterocycles. The average Bonchev–Trinajstić information content (AvgIpc) is 2.65. The molecular formula is C21H29N3O2. The summed E-state index contributed by atoms with van der Waals surface area (Å²) in [6.45, 7) is 6.42. The second kappa shape index (κ2) is 8.23. The quantitative estimate of drug-likeness (QED) is 0.555. The number of carbonyl (C=O) groups excluding carboxylic acids is 1. The van der Waals surface area contributed by atoms with Gasteiger partial charge >= 0.3 is 0 Å². The molecule has 140 valence electrons. The van der Waals surface area contributed by atoms with Gasteiger partial charge in [-0.05, 0) is 69.0 Å². The Morgan fingerprint density at radius 2 is 1.88 bits per heavy atom. The highest BCUT2D eigenvalue weighted by Gasteiger charge is 2.29. The maximum Gasteiger partial charge on any atom is 0.167 e. The first-order valence-electron chi connectivity index (χ1n) is 10.0. The summed E-state index contributed by atoms with van der Waals surface area (Å²) in [6, 6.07) is 6.28. The smallest absolute Gasteiger partial charge is 0.167 e. The summed E-state index contributed by atoms with van der Waals surface area (Å²) in [6.07, 6.45) is 10.1. The lowest BCUT2D eigenvalue weighted by Crippen LogP contribution is -2.51. The second-order valence-corrected chi connectivity index (χ2v) is 7.46. The molecule has 0 spiro atoms. The third-order valence-electron chi connectivity index (χ3n) is 5.63. The summed E-state index contributed by atoms with van der Waals surface area (Å²) < 4.78 is 6.00. The highest BCUT2D eigenvalue weighted by molar-refractivity contribution is 5.82. The summed E-state index contributed by atoms with van der Waals surface area (Å²) >= 11 is 0. The van der Waals surface area contributed by atoms with Gasteiger partial charge in [0.2, 0.25) is 0 Å². The van der Waals surface area contributed by atoms with E-state index in [-0.39, 0.29) is 0 Å². The highest BCUT2D eigenvalue weighted by Crippen LogP contribution is 2.34. The minimum atomic E-state index is 0.757. The van der Waals surface area contributed by atoms with Crippen LogP contribution in [-0.4, -0.2) is 55.5 Å². The largest absolute Gasteiger partial charge is 0.494 e. The van der Waals surface area contributed by atoms with Crippen molar-refractivity contribution in [1.29, 1.82) is 0 Å². The molecule has 0 aliphatic carbocycles. The lowest BCUT2D eigenvalue weighted by Gasteiger charge is -2.44. The summed E-state index contributed by atoms with van der Waals surface area (Å²) in [7, 11) is 0. The number of rotatable bonds is 7. The van der Waals surface area contributed by atoms with Crippen molar-refractivity contribution in [1.82, 2.24) is 9.91 Å². The Morgan fingerprint density at radius 1 is 1.04 bits per heavy atom. The number of benzene rings is 1. The zero-order valence-corrected chi connectivity index (χ0v) is 15.5. The molecule has 3 aliphatic heterocycles. The Hall–Kier alpha value is -1.85. The van der Waals surface area contributed by atoms with Crippen LogP contribution in [0.25, 0.3) is 0 Å². The van der Waals surface area contributed by atoms with Gasteiger partial charge in [0.1, 0.15) is 5.75 Å². The molecule has 4 rings (SSSR count). The lowest BCUT2D eigenvalue weighted by atomic mass is 10.0. The van der Waals surface area contributed by atoms with Crippen molar-refractivity contribution in [3.8, 4) is 5.75 Å². The fourth-order valence-electron chi connectivity index (χ4n) is 4.04. The fourth-order valence-corrected chi connectivity index (χ4v) is 4.04. The molecule has 26 heavy (non-hydrogen) atoms. The van der Waals surface area contributed by atoms with Gasteiger partial charge < -0.3 is 9.64 Å². The zero-order chi connectivity index (χ0) is 17.8. The average molecular weight is 355 g/mol. The van der Waals surface area contributed by atoms with Gasteiger partial charge in [-0.15, -0.1) is 0 Å². The van der Waals surface area contributed by atoms with Gasteiger partial charge in [0.15, 0.2) is 6.29 Å². The predicted molar refractivity (Wildman–Crippen MR) is 103 cm³/mol. The molecule has 2 fully saturated rings. The third kappa shape index (κ3) is 3.79. The number of hydrazine groups is 1. The molecule has 3 aliphatic rings. The van der Waals surface area contributed by atoms with Gasteiger partial charge in [0.25, 0.3) is 0 Å². The summed E-state index contributed by atoms with van der Waals surface area (Å²) in [5.41, 5.74) is 3.11. The number of allylic oxidation sites excluding steroid dienone is 2. The minimum Gasteiger partial charge on any atom is -0.494 e. The zero-order valence-electron chi connectivity index (χ0n) is 15.5. The van der Waals surface area contributed by atoms with Crippen molar-refractivity contribution in [2.75, 3.05) is 44.3 Å². The van der Waals surface area contributed by atoms with Crippen LogP contribution in [0, 0.1) is 0 Å². The number of nitrogens with zero attached hydrogens (tertiary/aromatic N) is 3. The first-order valence-corrected chi connectivity index (χ1v) is 10.0. The van der Waals surface area contributed by atoms with Gasteiger partial charge in [0.05, 0.1) is 18.0 Å². The number of hydrogen-bond donors (Lipinski definition) is 0. The molecule has 1 aromatic carbocycles. The van der Waals surface area contributed by atoms with E-state index in [0.717, 1.165) is 62.5 Å². The van der Waals surface area contributed by atoms with Crippen LogP contribution in [0.15, 0.2) is 30.0 Å². The Morgan fingerprint density at radius 3 is 2.62 bits per heavy atom. The fraction of sp³-hybridized carbons (Fsp3) is 0.571.